The highest BCUT2D eigenvalue weighted by Crippen LogP contribution is 2.38. The number of ether oxygens (including phenoxy) is 1. The number of rotatable bonds is 5. The summed E-state index contributed by atoms with van der Waals surface area (Å²) >= 11 is 0. The van der Waals surface area contributed by atoms with Crippen LogP contribution in [-0.2, 0) is 9.16 Å². The summed E-state index contributed by atoms with van der Waals surface area (Å²) in [6.07, 6.45) is 1.35. The lowest BCUT2D eigenvalue weighted by Gasteiger charge is -2.42. The summed E-state index contributed by atoms with van der Waals surface area (Å²) in [6, 6.07) is 0. The normalized spacial score (nSPS) is 22.8. The predicted octanol–water partition coefficient (Wildman–Crippen LogP) is 4.26. The first-order valence-electron chi connectivity index (χ1n) is 9.49. The van der Waals surface area contributed by atoms with Gasteiger partial charge in [-0.3, -0.25) is 0 Å². The van der Waals surface area contributed by atoms with Crippen LogP contribution in [0.15, 0.2) is 0 Å². The van der Waals surface area contributed by atoms with Gasteiger partial charge >= 0.3 is 6.09 Å². The lowest BCUT2D eigenvalue weighted by Crippen LogP contribution is -2.48. The molecular formula is C19H39NO4Si. The Kier molecular flexibility index (Phi) is 7.54. The highest BCUT2D eigenvalue weighted by atomic mass is 28.4. The first kappa shape index (κ1) is 22.4. The molecule has 5 nitrogen and oxygen atoms in total. The quantitative estimate of drug-likeness (QED) is 0.731. The molecule has 0 saturated carbocycles. The summed E-state index contributed by atoms with van der Waals surface area (Å²) in [7, 11) is -1.78. The molecule has 0 aromatic heterocycles. The first-order chi connectivity index (χ1) is 11.3. The van der Waals surface area contributed by atoms with Crippen molar-refractivity contribution in [2.24, 2.45) is 11.8 Å². The van der Waals surface area contributed by atoms with Crippen molar-refractivity contribution in [1.29, 1.82) is 0 Å². The van der Waals surface area contributed by atoms with Crippen LogP contribution in [0.2, 0.25) is 18.1 Å². The van der Waals surface area contributed by atoms with E-state index in [1.807, 2.05) is 20.8 Å². The van der Waals surface area contributed by atoms with Crippen molar-refractivity contribution in [3.63, 3.8) is 0 Å². The van der Waals surface area contributed by atoms with Gasteiger partial charge in [0.15, 0.2) is 8.32 Å². The van der Waals surface area contributed by atoms with Crippen LogP contribution in [0.1, 0.15) is 54.4 Å². The predicted molar refractivity (Wildman–Crippen MR) is 104 cm³/mol. The van der Waals surface area contributed by atoms with Crippen LogP contribution < -0.4 is 0 Å². The van der Waals surface area contributed by atoms with Gasteiger partial charge in [0.25, 0.3) is 0 Å². The molecule has 148 valence electrons. The summed E-state index contributed by atoms with van der Waals surface area (Å²) in [5, 5.41) is 9.63. The zero-order valence-electron chi connectivity index (χ0n) is 17.5. The molecule has 1 aliphatic rings. The molecular weight excluding hydrogens is 334 g/mol. The molecule has 2 atom stereocenters. The highest BCUT2D eigenvalue weighted by molar-refractivity contribution is 6.74. The van der Waals surface area contributed by atoms with Crippen LogP contribution in [0.25, 0.3) is 0 Å². The molecule has 1 rings (SSSR count). The number of likely N-dealkylation sites (tertiary alicyclic amines) is 1. The number of piperidine rings is 1. The molecule has 0 aromatic rings. The average Bonchev–Trinajstić information content (AvgIpc) is 2.43. The van der Waals surface area contributed by atoms with Crippen LogP contribution in [0.4, 0.5) is 4.79 Å². The minimum Gasteiger partial charge on any atom is -0.444 e. The maximum absolute atomic E-state index is 12.3. The third-order valence-corrected chi connectivity index (χ3v) is 10.0. The minimum absolute atomic E-state index is 0.142. The fraction of sp³-hybridized carbons (Fsp3) is 0.947. The number of carbonyl (C=O) groups is 1. The molecule has 6 heteroatoms. The number of aliphatic hydroxyl groups is 1. The molecule has 0 spiro atoms. The summed E-state index contributed by atoms with van der Waals surface area (Å²) in [4.78, 5) is 14.1. The van der Waals surface area contributed by atoms with Gasteiger partial charge < -0.3 is 19.2 Å². The van der Waals surface area contributed by atoms with Crippen molar-refractivity contribution in [3.8, 4) is 0 Å². The lowest BCUT2D eigenvalue weighted by atomic mass is 9.84. The Balaban J connectivity index is 2.68. The van der Waals surface area contributed by atoms with Gasteiger partial charge in [0.1, 0.15) is 5.60 Å². The van der Waals surface area contributed by atoms with E-state index >= 15 is 0 Å². The Bertz CT molecular complexity index is 440. The number of hydrogen-bond donors (Lipinski definition) is 1. The third-order valence-electron chi connectivity index (χ3n) is 5.51. The zero-order chi connectivity index (χ0) is 19.5. The van der Waals surface area contributed by atoms with Gasteiger partial charge in [-0.1, -0.05) is 20.8 Å². The minimum atomic E-state index is -1.78. The Labute approximate surface area is 155 Å². The molecule has 1 amide bonds. The molecule has 25 heavy (non-hydrogen) atoms. The summed E-state index contributed by atoms with van der Waals surface area (Å²) in [5.74, 6) is 0.649. The van der Waals surface area contributed by atoms with Crippen LogP contribution >= 0.6 is 0 Å². The SMILES string of the molecule is CC(C)(C)OC(=O)N1CC[C@H](CO[Si](C)(C)C(C)(C)C)[C@@H](CCO)C1. The van der Waals surface area contributed by atoms with E-state index in [0.717, 1.165) is 13.0 Å². The molecule has 0 aromatic carbocycles. The van der Waals surface area contributed by atoms with Gasteiger partial charge in [-0.15, -0.1) is 0 Å². The van der Waals surface area contributed by atoms with Gasteiger partial charge in [-0.05, 0) is 63.6 Å². The van der Waals surface area contributed by atoms with Crippen molar-refractivity contribution < 1.29 is 19.1 Å². The summed E-state index contributed by atoms with van der Waals surface area (Å²) in [6.45, 7) is 19.1. The maximum atomic E-state index is 12.3. The average molecular weight is 374 g/mol. The number of carbonyl (C=O) groups excluding carboxylic acids is 1. The van der Waals surface area contributed by atoms with Gasteiger partial charge in [-0.2, -0.15) is 0 Å². The molecule has 1 aliphatic heterocycles. The topological polar surface area (TPSA) is 59.0 Å². The second kappa shape index (κ2) is 8.40. The first-order valence-corrected chi connectivity index (χ1v) is 12.4. The van der Waals surface area contributed by atoms with Crippen LogP contribution in [0.3, 0.4) is 0 Å². The molecule has 1 N–H and O–H groups in total. The second-order valence-electron chi connectivity index (χ2n) is 9.82. The lowest BCUT2D eigenvalue weighted by molar-refractivity contribution is 0.00261. The molecule has 0 unspecified atom stereocenters. The van der Waals surface area contributed by atoms with Gasteiger partial charge in [-0.25, -0.2) is 4.79 Å². The van der Waals surface area contributed by atoms with Gasteiger partial charge in [0, 0.05) is 26.3 Å². The van der Waals surface area contributed by atoms with E-state index in [9.17, 15) is 9.90 Å². The van der Waals surface area contributed by atoms with E-state index in [2.05, 4.69) is 33.9 Å². The Hall–Kier alpha value is -0.593. The fourth-order valence-corrected chi connectivity index (χ4v) is 3.88. The Morgan fingerprint density at radius 1 is 1.16 bits per heavy atom. The van der Waals surface area contributed by atoms with E-state index in [0.29, 0.717) is 25.4 Å². The van der Waals surface area contributed by atoms with Crippen LogP contribution in [0.5, 0.6) is 0 Å². The molecule has 0 bridgehead atoms. The van der Waals surface area contributed by atoms with Crippen molar-refractivity contribution in [2.45, 2.75) is 78.1 Å². The molecule has 1 saturated heterocycles. The summed E-state index contributed by atoms with van der Waals surface area (Å²) in [5.41, 5.74) is -0.480. The van der Waals surface area contributed by atoms with E-state index in [-0.39, 0.29) is 23.7 Å². The number of amides is 1. The Morgan fingerprint density at radius 3 is 2.24 bits per heavy atom. The number of hydrogen-bond acceptors (Lipinski definition) is 4. The standard InChI is InChI=1S/C19H39NO4Si/c1-18(2,3)24-17(22)20-11-9-16(15(13-20)10-12-21)14-23-25(7,8)19(4,5)6/h15-16,21H,9-14H2,1-8H3/t15-,16+/m0/s1. The molecule has 1 heterocycles. The van der Waals surface area contributed by atoms with Crippen LogP contribution in [-0.4, -0.2) is 56.3 Å². The van der Waals surface area contributed by atoms with Crippen molar-refractivity contribution >= 4 is 14.4 Å². The summed E-state index contributed by atoms with van der Waals surface area (Å²) < 4.78 is 11.9. The van der Waals surface area contributed by atoms with Crippen LogP contribution in [0, 0.1) is 11.8 Å². The van der Waals surface area contributed by atoms with Gasteiger partial charge in [0.2, 0.25) is 0 Å². The fourth-order valence-electron chi connectivity index (χ4n) is 2.82. The number of nitrogens with zero attached hydrogens (tertiary/aromatic N) is 1. The molecule has 1 fully saturated rings. The zero-order valence-corrected chi connectivity index (χ0v) is 18.5. The maximum Gasteiger partial charge on any atom is 0.410 e. The largest absolute Gasteiger partial charge is 0.444 e. The monoisotopic (exact) mass is 373 g/mol. The molecule has 0 aliphatic carbocycles. The van der Waals surface area contributed by atoms with Crippen molar-refractivity contribution in [3.05, 3.63) is 0 Å². The van der Waals surface area contributed by atoms with Gasteiger partial charge in [0.05, 0.1) is 0 Å². The third kappa shape index (κ3) is 6.91. The highest BCUT2D eigenvalue weighted by Gasteiger charge is 2.39. The second-order valence-corrected chi connectivity index (χ2v) is 14.6. The van der Waals surface area contributed by atoms with E-state index in [4.69, 9.17) is 9.16 Å². The van der Waals surface area contributed by atoms with E-state index < -0.39 is 13.9 Å². The smallest absolute Gasteiger partial charge is 0.410 e. The Morgan fingerprint density at radius 2 is 1.76 bits per heavy atom. The van der Waals surface area contributed by atoms with E-state index in [1.165, 1.54) is 0 Å². The molecule has 0 radical (unpaired) electrons. The van der Waals surface area contributed by atoms with Crippen molar-refractivity contribution in [1.82, 2.24) is 4.90 Å². The van der Waals surface area contributed by atoms with Crippen molar-refractivity contribution in [2.75, 3.05) is 26.3 Å². The van der Waals surface area contributed by atoms with E-state index in [1.54, 1.807) is 4.90 Å². The number of aliphatic hydroxyl groups excluding tert-OH is 1.